The SMILES string of the molecule is O=C1Nc2c(I)cc(Br)cc2C1=O. The van der Waals surface area contributed by atoms with Gasteiger partial charge in [-0.2, -0.15) is 0 Å². The van der Waals surface area contributed by atoms with Gasteiger partial charge in [-0.15, -0.1) is 0 Å². The summed E-state index contributed by atoms with van der Waals surface area (Å²) >= 11 is 5.34. The van der Waals surface area contributed by atoms with Gasteiger partial charge in [0.05, 0.1) is 11.3 Å². The number of nitrogens with one attached hydrogen (secondary N) is 1. The number of hydrogen-bond acceptors (Lipinski definition) is 2. The molecule has 0 fully saturated rings. The second-order valence-electron chi connectivity index (χ2n) is 2.59. The van der Waals surface area contributed by atoms with Gasteiger partial charge in [0, 0.05) is 8.04 Å². The predicted molar refractivity (Wildman–Crippen MR) is 59.8 cm³/mol. The number of ketones is 1. The lowest BCUT2D eigenvalue weighted by atomic mass is 10.1. The normalized spacial score (nSPS) is 14.3. The zero-order valence-corrected chi connectivity index (χ0v) is 9.97. The average molecular weight is 352 g/mol. The van der Waals surface area contributed by atoms with Gasteiger partial charge in [0.15, 0.2) is 0 Å². The third-order valence-corrected chi connectivity index (χ3v) is 3.05. The predicted octanol–water partition coefficient (Wildman–Crippen LogP) is 2.19. The summed E-state index contributed by atoms with van der Waals surface area (Å²) < 4.78 is 1.67. The van der Waals surface area contributed by atoms with E-state index in [2.05, 4.69) is 43.8 Å². The van der Waals surface area contributed by atoms with Crippen LogP contribution in [-0.4, -0.2) is 11.7 Å². The van der Waals surface area contributed by atoms with Crippen LogP contribution < -0.4 is 5.32 Å². The van der Waals surface area contributed by atoms with Gasteiger partial charge in [-0.25, -0.2) is 0 Å². The van der Waals surface area contributed by atoms with Crippen LogP contribution in [0.15, 0.2) is 16.6 Å². The lowest BCUT2D eigenvalue weighted by molar-refractivity contribution is -0.112. The zero-order chi connectivity index (χ0) is 9.59. The molecule has 0 bridgehead atoms. The van der Waals surface area contributed by atoms with E-state index in [4.69, 9.17) is 0 Å². The second kappa shape index (κ2) is 3.06. The first kappa shape index (κ1) is 9.14. The fraction of sp³-hybridized carbons (Fsp3) is 0. The van der Waals surface area contributed by atoms with Gasteiger partial charge in [0.2, 0.25) is 0 Å². The van der Waals surface area contributed by atoms with E-state index in [9.17, 15) is 9.59 Å². The van der Waals surface area contributed by atoms with Crippen molar-refractivity contribution in [2.24, 2.45) is 0 Å². The number of carbonyl (C=O) groups excluding carboxylic acids is 2. The summed E-state index contributed by atoms with van der Waals surface area (Å²) in [4.78, 5) is 22.3. The molecule has 1 aromatic carbocycles. The quantitative estimate of drug-likeness (QED) is 0.575. The van der Waals surface area contributed by atoms with Crippen molar-refractivity contribution in [1.82, 2.24) is 0 Å². The Hall–Kier alpha value is -0.430. The fourth-order valence-electron chi connectivity index (χ4n) is 1.17. The van der Waals surface area contributed by atoms with Crippen molar-refractivity contribution in [1.29, 1.82) is 0 Å². The molecule has 1 aromatic rings. The number of benzene rings is 1. The third-order valence-electron chi connectivity index (χ3n) is 1.74. The molecule has 2 rings (SSSR count). The van der Waals surface area contributed by atoms with Crippen molar-refractivity contribution in [3.8, 4) is 0 Å². The molecule has 0 saturated heterocycles. The molecule has 0 aromatic heterocycles. The molecule has 1 aliphatic heterocycles. The van der Waals surface area contributed by atoms with Crippen molar-refractivity contribution in [3.05, 3.63) is 25.7 Å². The minimum Gasteiger partial charge on any atom is -0.317 e. The van der Waals surface area contributed by atoms with E-state index in [0.717, 1.165) is 8.04 Å². The Morgan fingerprint density at radius 2 is 2.00 bits per heavy atom. The minimum absolute atomic E-state index is 0.448. The van der Waals surface area contributed by atoms with E-state index in [1.54, 1.807) is 6.07 Å². The molecule has 0 aliphatic carbocycles. The van der Waals surface area contributed by atoms with Crippen LogP contribution >= 0.6 is 38.5 Å². The minimum atomic E-state index is -0.550. The van der Waals surface area contributed by atoms with Gasteiger partial charge in [-0.05, 0) is 34.7 Å². The number of fused-ring (bicyclic) bond motifs is 1. The molecular weight excluding hydrogens is 349 g/mol. The molecule has 0 spiro atoms. The molecule has 0 radical (unpaired) electrons. The van der Waals surface area contributed by atoms with Crippen molar-refractivity contribution in [2.75, 3.05) is 5.32 Å². The first-order valence-corrected chi connectivity index (χ1v) is 5.31. The Balaban J connectivity index is 2.70. The van der Waals surface area contributed by atoms with E-state index in [0.29, 0.717) is 11.3 Å². The van der Waals surface area contributed by atoms with Crippen molar-refractivity contribution >= 4 is 55.9 Å². The van der Waals surface area contributed by atoms with E-state index in [1.807, 2.05) is 6.07 Å². The van der Waals surface area contributed by atoms with Crippen LogP contribution in [0.25, 0.3) is 0 Å². The Kier molecular flexibility index (Phi) is 2.15. The summed E-state index contributed by atoms with van der Waals surface area (Å²) in [6.07, 6.45) is 0. The largest absolute Gasteiger partial charge is 0.317 e. The van der Waals surface area contributed by atoms with Crippen LogP contribution in [-0.2, 0) is 4.79 Å². The molecule has 5 heteroatoms. The molecule has 1 N–H and O–H groups in total. The summed E-state index contributed by atoms with van der Waals surface area (Å²) in [7, 11) is 0. The smallest absolute Gasteiger partial charge is 0.296 e. The monoisotopic (exact) mass is 351 g/mol. The molecule has 1 amide bonds. The van der Waals surface area contributed by atoms with E-state index >= 15 is 0 Å². The summed E-state index contributed by atoms with van der Waals surface area (Å²) in [5.41, 5.74) is 1.07. The highest BCUT2D eigenvalue weighted by Crippen LogP contribution is 2.31. The first-order chi connectivity index (χ1) is 6.09. The fourth-order valence-corrected chi connectivity index (χ4v) is 2.82. The molecule has 13 heavy (non-hydrogen) atoms. The Morgan fingerprint density at radius 1 is 1.31 bits per heavy atom. The van der Waals surface area contributed by atoms with Crippen LogP contribution in [0.1, 0.15) is 10.4 Å². The number of carbonyl (C=O) groups is 2. The maximum absolute atomic E-state index is 11.3. The molecule has 0 saturated carbocycles. The molecule has 1 heterocycles. The van der Waals surface area contributed by atoms with Crippen LogP contribution in [0.3, 0.4) is 0 Å². The second-order valence-corrected chi connectivity index (χ2v) is 4.67. The topological polar surface area (TPSA) is 46.2 Å². The highest BCUT2D eigenvalue weighted by atomic mass is 127. The maximum Gasteiger partial charge on any atom is 0.296 e. The number of hydrogen-bond donors (Lipinski definition) is 1. The molecule has 0 atom stereocenters. The number of amides is 1. The van der Waals surface area contributed by atoms with Gasteiger partial charge in [-0.3, -0.25) is 9.59 Å². The van der Waals surface area contributed by atoms with Gasteiger partial charge in [0.1, 0.15) is 0 Å². The van der Waals surface area contributed by atoms with Crippen LogP contribution in [0, 0.1) is 3.57 Å². The molecule has 66 valence electrons. The van der Waals surface area contributed by atoms with E-state index in [1.165, 1.54) is 0 Å². The number of anilines is 1. The average Bonchev–Trinajstić information content (AvgIpc) is 2.32. The maximum atomic E-state index is 11.3. The molecule has 1 aliphatic rings. The highest BCUT2D eigenvalue weighted by Gasteiger charge is 2.29. The zero-order valence-electron chi connectivity index (χ0n) is 6.23. The van der Waals surface area contributed by atoms with Gasteiger partial charge < -0.3 is 5.32 Å². The number of halogens is 2. The summed E-state index contributed by atoms with van der Waals surface area (Å²) in [5.74, 6) is -1.01. The standard InChI is InChI=1S/C8H3BrINO2/c9-3-1-4-6(5(10)2-3)11-8(13)7(4)12/h1-2H,(H,11,12,13). The molecule has 0 unspecified atom stereocenters. The van der Waals surface area contributed by atoms with Gasteiger partial charge in [0.25, 0.3) is 11.7 Å². The third kappa shape index (κ3) is 1.39. The summed E-state index contributed by atoms with van der Waals surface area (Å²) in [6.45, 7) is 0. The van der Waals surface area contributed by atoms with Crippen molar-refractivity contribution in [2.45, 2.75) is 0 Å². The lowest BCUT2D eigenvalue weighted by Gasteiger charge is -2.00. The van der Waals surface area contributed by atoms with Gasteiger partial charge >= 0.3 is 0 Å². The molecular formula is C8H3BrINO2. The van der Waals surface area contributed by atoms with E-state index < -0.39 is 11.7 Å². The number of rotatable bonds is 0. The number of Topliss-reactive ketones (excluding diaryl/α,β-unsaturated/α-hetero) is 1. The van der Waals surface area contributed by atoms with Crippen LogP contribution in [0.5, 0.6) is 0 Å². The van der Waals surface area contributed by atoms with Crippen molar-refractivity contribution < 1.29 is 9.59 Å². The van der Waals surface area contributed by atoms with Crippen LogP contribution in [0.4, 0.5) is 5.69 Å². The van der Waals surface area contributed by atoms with Crippen LogP contribution in [0.2, 0.25) is 0 Å². The van der Waals surface area contributed by atoms with E-state index in [-0.39, 0.29) is 0 Å². The lowest BCUT2D eigenvalue weighted by Crippen LogP contribution is -2.12. The van der Waals surface area contributed by atoms with Crippen molar-refractivity contribution in [3.63, 3.8) is 0 Å². The summed E-state index contributed by atoms with van der Waals surface area (Å²) in [6, 6.07) is 3.50. The van der Waals surface area contributed by atoms with Gasteiger partial charge in [-0.1, -0.05) is 15.9 Å². The Bertz CT molecular complexity index is 430. The Morgan fingerprint density at radius 3 is 2.69 bits per heavy atom. The first-order valence-electron chi connectivity index (χ1n) is 3.44. The highest BCUT2D eigenvalue weighted by molar-refractivity contribution is 14.1. The Labute approximate surface area is 96.2 Å². The molecule has 3 nitrogen and oxygen atoms in total. The summed E-state index contributed by atoms with van der Waals surface area (Å²) in [5, 5.41) is 2.53.